The molecule has 2 rings (SSSR count). The quantitative estimate of drug-likeness (QED) is 0.846. The smallest absolute Gasteiger partial charge is 0.252 e. The Morgan fingerprint density at radius 2 is 2.00 bits per heavy atom. The number of carbonyl (C=O) groups excluding carboxylic acids is 2. The Labute approximate surface area is 101 Å². The van der Waals surface area contributed by atoms with Gasteiger partial charge in [0.05, 0.1) is 17.9 Å². The Kier molecular flexibility index (Phi) is 2.65. The van der Waals surface area contributed by atoms with Crippen molar-refractivity contribution in [3.8, 4) is 0 Å². The Hall–Kier alpha value is -1.84. The molecule has 0 atom stereocenters. The van der Waals surface area contributed by atoms with Crippen LogP contribution >= 0.6 is 0 Å². The predicted octanol–water partition coefficient (Wildman–Crippen LogP) is 1.81. The molecule has 1 aromatic carbocycles. The lowest BCUT2D eigenvalue weighted by Gasteiger charge is -2.39. The first kappa shape index (κ1) is 11.6. The maximum absolute atomic E-state index is 12.3. The average molecular weight is 232 g/mol. The first-order chi connectivity index (χ1) is 7.92. The molecule has 17 heavy (non-hydrogen) atoms. The summed E-state index contributed by atoms with van der Waals surface area (Å²) in [4.78, 5) is 25.1. The van der Waals surface area contributed by atoms with E-state index in [1.165, 1.54) is 6.92 Å². The number of Topliss-reactive ketones (excluding diaryl/α,β-unsaturated/α-hetero) is 1. The third-order valence-electron chi connectivity index (χ3n) is 2.80. The molecule has 90 valence electrons. The van der Waals surface area contributed by atoms with Crippen LogP contribution in [0.3, 0.4) is 0 Å². The zero-order chi connectivity index (χ0) is 12.6. The summed E-state index contributed by atoms with van der Waals surface area (Å²) in [6, 6.07) is 7.53. The number of ketones is 1. The van der Waals surface area contributed by atoms with Gasteiger partial charge in [-0.25, -0.2) is 0 Å². The van der Waals surface area contributed by atoms with E-state index in [1.54, 1.807) is 4.90 Å². The van der Waals surface area contributed by atoms with E-state index in [9.17, 15) is 9.59 Å². The fraction of sp³-hybridized carbons (Fsp3) is 0.385. The first-order valence-electron chi connectivity index (χ1n) is 5.60. The topological polar surface area (TPSA) is 49.4 Å². The van der Waals surface area contributed by atoms with E-state index in [4.69, 9.17) is 0 Å². The molecule has 0 aliphatic carbocycles. The van der Waals surface area contributed by atoms with Gasteiger partial charge in [0.25, 0.3) is 5.91 Å². The number of nitrogens with one attached hydrogen (secondary N) is 1. The van der Waals surface area contributed by atoms with Gasteiger partial charge in [-0.3, -0.25) is 9.59 Å². The molecule has 4 heteroatoms. The molecule has 0 aromatic heterocycles. The normalized spacial score (nSPS) is 17.4. The Bertz CT molecular complexity index is 480. The van der Waals surface area contributed by atoms with Crippen molar-refractivity contribution in [2.75, 3.05) is 16.8 Å². The molecule has 4 nitrogen and oxygen atoms in total. The lowest BCUT2D eigenvalue weighted by molar-refractivity contribution is -0.124. The molecular formula is C13H16N2O2. The second-order valence-corrected chi connectivity index (χ2v) is 4.86. The van der Waals surface area contributed by atoms with Gasteiger partial charge in [-0.1, -0.05) is 12.1 Å². The number of hydrogen-bond donors (Lipinski definition) is 1. The number of rotatable bonds is 2. The van der Waals surface area contributed by atoms with Gasteiger partial charge in [0.15, 0.2) is 0 Å². The number of amides is 1. The summed E-state index contributed by atoms with van der Waals surface area (Å²) in [7, 11) is 0. The maximum Gasteiger partial charge on any atom is 0.252 e. The van der Waals surface area contributed by atoms with Gasteiger partial charge in [0.1, 0.15) is 11.3 Å². The molecule has 1 aliphatic rings. The van der Waals surface area contributed by atoms with Gasteiger partial charge < -0.3 is 10.2 Å². The number of nitrogens with zero attached hydrogens (tertiary/aromatic N) is 1. The first-order valence-corrected chi connectivity index (χ1v) is 5.60. The van der Waals surface area contributed by atoms with Crippen molar-refractivity contribution >= 4 is 23.1 Å². The van der Waals surface area contributed by atoms with Crippen LogP contribution in [0.25, 0.3) is 0 Å². The van der Waals surface area contributed by atoms with Crippen LogP contribution in [0.2, 0.25) is 0 Å². The lowest BCUT2D eigenvalue weighted by Crippen LogP contribution is -2.54. The highest BCUT2D eigenvalue weighted by atomic mass is 16.2. The highest BCUT2D eigenvalue weighted by Gasteiger charge is 2.38. The molecule has 0 radical (unpaired) electrons. The van der Waals surface area contributed by atoms with Crippen molar-refractivity contribution in [2.45, 2.75) is 26.3 Å². The Balaban J connectivity index is 2.48. The molecule has 0 fully saturated rings. The summed E-state index contributed by atoms with van der Waals surface area (Å²) < 4.78 is 0. The number of carbonyl (C=O) groups is 2. The van der Waals surface area contributed by atoms with Crippen LogP contribution < -0.4 is 10.2 Å². The van der Waals surface area contributed by atoms with Crippen molar-refractivity contribution in [3.63, 3.8) is 0 Å². The van der Waals surface area contributed by atoms with E-state index < -0.39 is 5.54 Å². The molecule has 0 bridgehead atoms. The van der Waals surface area contributed by atoms with Crippen molar-refractivity contribution < 1.29 is 9.59 Å². The third-order valence-corrected chi connectivity index (χ3v) is 2.80. The SMILES string of the molecule is CC(=O)CN1C(=O)C(C)(C)Nc2ccccc21. The van der Waals surface area contributed by atoms with Crippen LogP contribution in [0, 0.1) is 0 Å². The molecule has 1 N–H and O–H groups in total. The fourth-order valence-electron chi connectivity index (χ4n) is 2.03. The number of hydrogen-bond acceptors (Lipinski definition) is 3. The largest absolute Gasteiger partial charge is 0.370 e. The minimum Gasteiger partial charge on any atom is -0.370 e. The average Bonchev–Trinajstić information content (AvgIpc) is 2.24. The van der Waals surface area contributed by atoms with Crippen LogP contribution in [0.1, 0.15) is 20.8 Å². The standard InChI is InChI=1S/C13H16N2O2/c1-9(16)8-15-11-7-5-4-6-10(11)14-13(2,3)12(15)17/h4-7,14H,8H2,1-3H3. The summed E-state index contributed by atoms with van der Waals surface area (Å²) in [6.07, 6.45) is 0. The van der Waals surface area contributed by atoms with Gasteiger partial charge in [0, 0.05) is 0 Å². The van der Waals surface area contributed by atoms with Crippen molar-refractivity contribution in [1.29, 1.82) is 0 Å². The van der Waals surface area contributed by atoms with Gasteiger partial charge in [-0.15, -0.1) is 0 Å². The zero-order valence-corrected chi connectivity index (χ0v) is 10.3. The highest BCUT2D eigenvalue weighted by molar-refractivity contribution is 6.09. The number of benzene rings is 1. The maximum atomic E-state index is 12.3. The molecule has 1 aromatic rings. The van der Waals surface area contributed by atoms with Crippen molar-refractivity contribution in [3.05, 3.63) is 24.3 Å². The monoisotopic (exact) mass is 232 g/mol. The third kappa shape index (κ3) is 2.02. The number of para-hydroxylation sites is 2. The summed E-state index contributed by atoms with van der Waals surface area (Å²) in [6.45, 7) is 5.25. The lowest BCUT2D eigenvalue weighted by atomic mass is 9.98. The van der Waals surface area contributed by atoms with Crippen LogP contribution in [0.15, 0.2) is 24.3 Å². The minimum atomic E-state index is -0.677. The number of fused-ring (bicyclic) bond motifs is 1. The number of anilines is 2. The van der Waals surface area contributed by atoms with Gasteiger partial charge in [-0.05, 0) is 32.9 Å². The predicted molar refractivity (Wildman–Crippen MR) is 67.2 cm³/mol. The van der Waals surface area contributed by atoms with E-state index in [0.29, 0.717) is 0 Å². The molecule has 0 saturated carbocycles. The van der Waals surface area contributed by atoms with Gasteiger partial charge in [0.2, 0.25) is 0 Å². The van der Waals surface area contributed by atoms with E-state index in [0.717, 1.165) is 11.4 Å². The van der Waals surface area contributed by atoms with Gasteiger partial charge >= 0.3 is 0 Å². The van der Waals surface area contributed by atoms with Gasteiger partial charge in [-0.2, -0.15) is 0 Å². The molecule has 0 unspecified atom stereocenters. The summed E-state index contributed by atoms with van der Waals surface area (Å²) in [5.41, 5.74) is 0.981. The van der Waals surface area contributed by atoms with Crippen LogP contribution in [0.5, 0.6) is 0 Å². The summed E-state index contributed by atoms with van der Waals surface area (Å²) >= 11 is 0. The van der Waals surface area contributed by atoms with Crippen molar-refractivity contribution in [1.82, 2.24) is 0 Å². The zero-order valence-electron chi connectivity index (χ0n) is 10.3. The fourth-order valence-corrected chi connectivity index (χ4v) is 2.03. The van der Waals surface area contributed by atoms with E-state index in [1.807, 2.05) is 38.1 Å². The van der Waals surface area contributed by atoms with E-state index in [-0.39, 0.29) is 18.2 Å². The summed E-state index contributed by atoms with van der Waals surface area (Å²) in [5, 5.41) is 3.19. The second-order valence-electron chi connectivity index (χ2n) is 4.86. The molecular weight excluding hydrogens is 216 g/mol. The Morgan fingerprint density at radius 1 is 1.35 bits per heavy atom. The van der Waals surface area contributed by atoms with Crippen LogP contribution in [-0.4, -0.2) is 23.8 Å². The molecule has 1 aliphatic heterocycles. The minimum absolute atomic E-state index is 0.0224. The van der Waals surface area contributed by atoms with E-state index >= 15 is 0 Å². The molecule has 1 amide bonds. The highest BCUT2D eigenvalue weighted by Crippen LogP contribution is 2.34. The van der Waals surface area contributed by atoms with Crippen molar-refractivity contribution in [2.24, 2.45) is 0 Å². The molecule has 0 saturated heterocycles. The summed E-state index contributed by atoms with van der Waals surface area (Å²) in [5.74, 6) is -0.0998. The van der Waals surface area contributed by atoms with Crippen LogP contribution in [-0.2, 0) is 9.59 Å². The Morgan fingerprint density at radius 3 is 2.65 bits per heavy atom. The van der Waals surface area contributed by atoms with Crippen LogP contribution in [0.4, 0.5) is 11.4 Å². The molecule has 1 heterocycles. The van der Waals surface area contributed by atoms with E-state index in [2.05, 4.69) is 5.32 Å². The second kappa shape index (κ2) is 3.87. The molecule has 0 spiro atoms.